The minimum Gasteiger partial charge on any atom is -0.479 e. The van der Waals surface area contributed by atoms with Crippen LogP contribution >= 0.6 is 0 Å². The highest BCUT2D eigenvalue weighted by Gasteiger charge is 2.54. The lowest BCUT2D eigenvalue weighted by Gasteiger charge is -2.48. The van der Waals surface area contributed by atoms with Gasteiger partial charge in [0.05, 0.1) is 13.2 Å². The molecule has 0 saturated carbocycles. The third-order valence-corrected chi connectivity index (χ3v) is 6.43. The fourth-order valence-corrected chi connectivity index (χ4v) is 4.37. The van der Waals surface area contributed by atoms with E-state index in [1.54, 1.807) is 0 Å². The van der Waals surface area contributed by atoms with Crippen LogP contribution in [0.15, 0.2) is 0 Å². The molecule has 3 rings (SSSR count). The molecule has 0 aromatic heterocycles. The van der Waals surface area contributed by atoms with Gasteiger partial charge in [0.2, 0.25) is 5.91 Å². The summed E-state index contributed by atoms with van der Waals surface area (Å²) in [5.41, 5.74) is 0. The maximum absolute atomic E-state index is 11.3. The number of amides is 1. The lowest BCUT2D eigenvalue weighted by atomic mass is 9.95. The zero-order chi connectivity index (χ0) is 28.5. The zero-order valence-electron chi connectivity index (χ0n) is 19.9. The number of aliphatic carboxylic acids is 1. The summed E-state index contributed by atoms with van der Waals surface area (Å²) in [7, 11) is 0. The molecule has 3 aliphatic rings. The van der Waals surface area contributed by atoms with E-state index in [0.29, 0.717) is 0 Å². The van der Waals surface area contributed by atoms with Crippen molar-refractivity contribution >= 4 is 11.9 Å². The number of ether oxygens (including phenoxy) is 5. The molecule has 3 fully saturated rings. The van der Waals surface area contributed by atoms with E-state index in [2.05, 4.69) is 5.32 Å². The maximum Gasteiger partial charge on any atom is 0.335 e. The fourth-order valence-electron chi connectivity index (χ4n) is 4.37. The lowest BCUT2D eigenvalue weighted by Crippen LogP contribution is -2.67. The van der Waals surface area contributed by atoms with Crippen LogP contribution in [0.2, 0.25) is 0 Å². The normalized spacial score (nSPS) is 47.9. The second-order valence-corrected chi connectivity index (χ2v) is 9.10. The first-order valence-electron chi connectivity index (χ1n) is 11.6. The van der Waals surface area contributed by atoms with Crippen LogP contribution in [0, 0.1) is 0 Å². The Morgan fingerprint density at radius 2 is 1.26 bits per heavy atom. The molecule has 11 N–H and O–H groups in total. The number of carbonyl (C=O) groups excluding carboxylic acids is 1. The lowest BCUT2D eigenvalue weighted by molar-refractivity contribution is -0.372. The molecule has 0 spiro atoms. The molecule has 18 nitrogen and oxygen atoms in total. The molecule has 0 radical (unpaired) electrons. The fraction of sp³-hybridized carbons (Fsp3) is 0.900. The van der Waals surface area contributed by atoms with Gasteiger partial charge >= 0.3 is 5.97 Å². The monoisotopic (exact) mass is 559 g/mol. The maximum atomic E-state index is 11.3. The van der Waals surface area contributed by atoms with E-state index < -0.39 is 117 Å². The van der Waals surface area contributed by atoms with E-state index in [9.17, 15) is 60.7 Å². The Hall–Kier alpha value is -1.62. The number of carbonyl (C=O) groups is 2. The molecule has 3 saturated heterocycles. The molecule has 0 unspecified atom stereocenters. The van der Waals surface area contributed by atoms with Gasteiger partial charge in [-0.25, -0.2) is 4.79 Å². The predicted octanol–water partition coefficient (Wildman–Crippen LogP) is -7.34. The topological polar surface area (TPSA) is 295 Å². The second-order valence-electron chi connectivity index (χ2n) is 9.10. The molecule has 220 valence electrons. The summed E-state index contributed by atoms with van der Waals surface area (Å²) in [5, 5.41) is 103. The highest BCUT2D eigenvalue weighted by molar-refractivity contribution is 5.73. The third kappa shape index (κ3) is 6.24. The number of rotatable bonds is 8. The molecule has 0 aliphatic carbocycles. The molecule has 1 amide bonds. The van der Waals surface area contributed by atoms with Gasteiger partial charge in [-0.1, -0.05) is 0 Å². The first-order valence-corrected chi connectivity index (χ1v) is 11.6. The van der Waals surface area contributed by atoms with Gasteiger partial charge in [0, 0.05) is 6.92 Å². The van der Waals surface area contributed by atoms with Crippen LogP contribution in [-0.2, 0) is 33.3 Å². The summed E-state index contributed by atoms with van der Waals surface area (Å²) in [6, 6.07) is 0. The Bertz CT molecular complexity index is 816. The van der Waals surface area contributed by atoms with Crippen LogP contribution in [-0.4, -0.2) is 168 Å². The molecule has 0 bridgehead atoms. The van der Waals surface area contributed by atoms with Crippen molar-refractivity contribution in [3.8, 4) is 0 Å². The number of aliphatic hydroxyl groups excluding tert-OH is 9. The molecular formula is C20H33NO17. The van der Waals surface area contributed by atoms with Crippen LogP contribution in [0.4, 0.5) is 0 Å². The van der Waals surface area contributed by atoms with Gasteiger partial charge in [-0.3, -0.25) is 4.79 Å². The van der Waals surface area contributed by atoms with Gasteiger partial charge in [-0.05, 0) is 0 Å². The average Bonchev–Trinajstić information content (AvgIpc) is 2.86. The number of carboxylic acid groups (broad SMARTS) is 1. The third-order valence-electron chi connectivity index (χ3n) is 6.43. The summed E-state index contributed by atoms with van der Waals surface area (Å²) in [6.45, 7) is -0.545. The Morgan fingerprint density at radius 1 is 0.684 bits per heavy atom. The second kappa shape index (κ2) is 12.7. The van der Waals surface area contributed by atoms with Crippen molar-refractivity contribution in [1.82, 2.24) is 5.32 Å². The predicted molar refractivity (Wildman–Crippen MR) is 113 cm³/mol. The van der Waals surface area contributed by atoms with E-state index in [4.69, 9.17) is 23.7 Å². The molecule has 18 heteroatoms. The standard InChI is InChI=1S/C20H33NO17/c1-4(24)21-17-11(29)10(28)14(6(3-23)34-17)36-20-13(31)15(7(25)5(2-22)35-20)37-19-12(30)8(26)9(27)16(38-19)18(32)33/h5-17,19-20,22-23,25-31H,2-3H2,1H3,(H,21,24)(H,32,33)/t5-,6-,7+,8+,9-,10-,11-,12-,13-,14-,15+,16+,17+,19-,20+/m1/s1. The molecule has 38 heavy (non-hydrogen) atoms. The minimum atomic E-state index is -2.05. The summed E-state index contributed by atoms with van der Waals surface area (Å²) < 4.78 is 26.6. The average molecular weight is 559 g/mol. The van der Waals surface area contributed by atoms with Crippen molar-refractivity contribution in [2.75, 3.05) is 13.2 Å². The van der Waals surface area contributed by atoms with E-state index >= 15 is 0 Å². The SMILES string of the molecule is CC(=O)N[C@H]1O[C@H](CO)[C@@H](O[C@@H]2O[C@H](CO)[C@H](O)[C@H](O[C@@H]3O[C@H](C(=O)O)[C@H](O)[C@H](O)[C@H]3O)[C@H]2O)[C@H](O)[C@H]1O. The highest BCUT2D eigenvalue weighted by atomic mass is 16.7. The van der Waals surface area contributed by atoms with Gasteiger partial charge in [-0.2, -0.15) is 0 Å². The van der Waals surface area contributed by atoms with Gasteiger partial charge in [0.1, 0.15) is 67.1 Å². The van der Waals surface area contributed by atoms with Crippen molar-refractivity contribution in [3.63, 3.8) is 0 Å². The largest absolute Gasteiger partial charge is 0.479 e. The van der Waals surface area contributed by atoms with E-state index in [0.717, 1.165) is 6.92 Å². The number of aliphatic hydroxyl groups is 9. The summed E-state index contributed by atoms with van der Waals surface area (Å²) in [5.74, 6) is -2.32. The van der Waals surface area contributed by atoms with Crippen LogP contribution in [0.5, 0.6) is 0 Å². The summed E-state index contributed by atoms with van der Waals surface area (Å²) >= 11 is 0. The van der Waals surface area contributed by atoms with Crippen molar-refractivity contribution in [1.29, 1.82) is 0 Å². The smallest absolute Gasteiger partial charge is 0.335 e. The van der Waals surface area contributed by atoms with Crippen LogP contribution in [0.3, 0.4) is 0 Å². The Morgan fingerprint density at radius 3 is 1.82 bits per heavy atom. The highest BCUT2D eigenvalue weighted by Crippen LogP contribution is 2.32. The van der Waals surface area contributed by atoms with Gasteiger partial charge in [-0.15, -0.1) is 0 Å². The van der Waals surface area contributed by atoms with Gasteiger partial charge < -0.3 is 80.1 Å². The number of nitrogens with one attached hydrogen (secondary N) is 1. The molecule has 0 aromatic carbocycles. The molecular weight excluding hydrogens is 526 g/mol. The zero-order valence-corrected chi connectivity index (χ0v) is 19.9. The van der Waals surface area contributed by atoms with Gasteiger partial charge in [0.15, 0.2) is 24.9 Å². The van der Waals surface area contributed by atoms with E-state index in [-0.39, 0.29) is 0 Å². The molecule has 3 heterocycles. The summed E-state index contributed by atoms with van der Waals surface area (Å²) in [6.07, 6.45) is -27.2. The Balaban J connectivity index is 1.79. The summed E-state index contributed by atoms with van der Waals surface area (Å²) in [4.78, 5) is 22.7. The quantitative estimate of drug-likeness (QED) is 0.132. The van der Waals surface area contributed by atoms with Crippen LogP contribution < -0.4 is 5.32 Å². The molecule has 15 atom stereocenters. The Kier molecular flexibility index (Phi) is 10.3. The van der Waals surface area contributed by atoms with Crippen LogP contribution in [0.1, 0.15) is 6.92 Å². The van der Waals surface area contributed by atoms with Gasteiger partial charge in [0.25, 0.3) is 0 Å². The number of carboxylic acids is 1. The van der Waals surface area contributed by atoms with E-state index in [1.807, 2.05) is 0 Å². The van der Waals surface area contributed by atoms with Crippen molar-refractivity contribution in [3.05, 3.63) is 0 Å². The molecule has 3 aliphatic heterocycles. The van der Waals surface area contributed by atoms with E-state index in [1.165, 1.54) is 0 Å². The Labute approximate surface area is 214 Å². The van der Waals surface area contributed by atoms with Crippen molar-refractivity contribution < 1.29 is 84.3 Å². The first kappa shape index (κ1) is 30.9. The molecule has 0 aromatic rings. The first-order chi connectivity index (χ1) is 17.8. The van der Waals surface area contributed by atoms with Crippen molar-refractivity contribution in [2.45, 2.75) is 99.0 Å². The number of hydrogen-bond donors (Lipinski definition) is 11. The minimum absolute atomic E-state index is 0.613. The van der Waals surface area contributed by atoms with Crippen LogP contribution in [0.25, 0.3) is 0 Å². The number of hydrogen-bond acceptors (Lipinski definition) is 16. The van der Waals surface area contributed by atoms with Crippen molar-refractivity contribution in [2.24, 2.45) is 0 Å².